The van der Waals surface area contributed by atoms with Crippen molar-refractivity contribution < 1.29 is 4.39 Å². The first-order valence-corrected chi connectivity index (χ1v) is 5.86. The molecule has 1 heterocycles. The molecular formula is C11H12FN3S. The van der Waals surface area contributed by atoms with Gasteiger partial charge >= 0.3 is 0 Å². The molecule has 16 heavy (non-hydrogen) atoms. The molecular weight excluding hydrogens is 225 g/mol. The Kier molecular flexibility index (Phi) is 3.36. The number of anilines is 2. The second kappa shape index (κ2) is 4.94. The summed E-state index contributed by atoms with van der Waals surface area (Å²) in [6.45, 7) is 0.736. The zero-order valence-corrected chi connectivity index (χ0v) is 9.43. The predicted octanol–water partition coefficient (Wildman–Crippen LogP) is 2.52. The second-order valence-corrected chi connectivity index (χ2v) is 4.11. The third-order valence-corrected chi connectivity index (χ3v) is 2.83. The molecule has 84 valence electrons. The summed E-state index contributed by atoms with van der Waals surface area (Å²) >= 11 is 1.58. The minimum atomic E-state index is -0.317. The van der Waals surface area contributed by atoms with Gasteiger partial charge < -0.3 is 11.1 Å². The molecule has 0 aliphatic carbocycles. The molecule has 0 radical (unpaired) electrons. The lowest BCUT2D eigenvalue weighted by molar-refractivity contribution is 0.628. The molecule has 3 nitrogen and oxygen atoms in total. The Morgan fingerprint density at radius 3 is 3.00 bits per heavy atom. The molecule has 2 rings (SSSR count). The summed E-state index contributed by atoms with van der Waals surface area (Å²) in [6, 6.07) is 4.35. The average Bonchev–Trinajstić information content (AvgIpc) is 2.74. The van der Waals surface area contributed by atoms with Crippen molar-refractivity contribution in [3.63, 3.8) is 0 Å². The van der Waals surface area contributed by atoms with Crippen molar-refractivity contribution in [1.29, 1.82) is 0 Å². The fourth-order valence-corrected chi connectivity index (χ4v) is 1.97. The SMILES string of the molecule is Nc1cc(F)ccc1NCCc1cscn1. The van der Waals surface area contributed by atoms with Gasteiger partial charge in [0.15, 0.2) is 0 Å². The third-order valence-electron chi connectivity index (χ3n) is 2.19. The monoisotopic (exact) mass is 237 g/mol. The minimum absolute atomic E-state index is 0.317. The summed E-state index contributed by atoms with van der Waals surface area (Å²) < 4.78 is 12.8. The summed E-state index contributed by atoms with van der Waals surface area (Å²) in [7, 11) is 0. The molecule has 2 aromatic rings. The molecule has 0 spiro atoms. The number of thiazole rings is 1. The fraction of sp³-hybridized carbons (Fsp3) is 0.182. The van der Waals surface area contributed by atoms with E-state index in [9.17, 15) is 4.39 Å². The van der Waals surface area contributed by atoms with Crippen LogP contribution in [0, 0.1) is 5.82 Å². The number of aromatic nitrogens is 1. The average molecular weight is 237 g/mol. The van der Waals surface area contributed by atoms with Crippen molar-refractivity contribution in [2.45, 2.75) is 6.42 Å². The van der Waals surface area contributed by atoms with Crippen molar-refractivity contribution in [3.8, 4) is 0 Å². The molecule has 0 fully saturated rings. The van der Waals surface area contributed by atoms with Crippen LogP contribution in [0.3, 0.4) is 0 Å². The van der Waals surface area contributed by atoms with E-state index >= 15 is 0 Å². The van der Waals surface area contributed by atoms with Crippen LogP contribution >= 0.6 is 11.3 Å². The highest BCUT2D eigenvalue weighted by Gasteiger charge is 2.00. The number of hydrogen-bond donors (Lipinski definition) is 2. The van der Waals surface area contributed by atoms with E-state index in [1.165, 1.54) is 12.1 Å². The second-order valence-electron chi connectivity index (χ2n) is 3.39. The number of nitrogen functional groups attached to an aromatic ring is 1. The van der Waals surface area contributed by atoms with Gasteiger partial charge in [-0.1, -0.05) is 0 Å². The molecule has 0 aliphatic rings. The van der Waals surface area contributed by atoms with Crippen molar-refractivity contribution in [1.82, 2.24) is 4.98 Å². The molecule has 0 bridgehead atoms. The van der Waals surface area contributed by atoms with E-state index in [2.05, 4.69) is 10.3 Å². The number of halogens is 1. The highest BCUT2D eigenvalue weighted by Crippen LogP contribution is 2.18. The maximum absolute atomic E-state index is 12.8. The fourth-order valence-electron chi connectivity index (χ4n) is 1.38. The summed E-state index contributed by atoms with van der Waals surface area (Å²) in [5, 5.41) is 5.16. The first-order chi connectivity index (χ1) is 7.75. The van der Waals surface area contributed by atoms with E-state index in [4.69, 9.17) is 5.73 Å². The molecule has 0 saturated carbocycles. The van der Waals surface area contributed by atoms with Crippen LogP contribution in [0.5, 0.6) is 0 Å². The summed E-state index contributed by atoms with van der Waals surface area (Å²) in [4.78, 5) is 4.17. The Labute approximate surface area is 97.1 Å². The molecule has 5 heteroatoms. The van der Waals surface area contributed by atoms with Gasteiger partial charge in [-0.2, -0.15) is 0 Å². The van der Waals surface area contributed by atoms with Crippen LogP contribution < -0.4 is 11.1 Å². The number of nitrogens with one attached hydrogen (secondary N) is 1. The Bertz CT molecular complexity index is 456. The van der Waals surface area contributed by atoms with Gasteiger partial charge in [0.05, 0.1) is 22.6 Å². The van der Waals surface area contributed by atoms with Crippen molar-refractivity contribution in [2.24, 2.45) is 0 Å². The van der Waals surface area contributed by atoms with E-state index in [-0.39, 0.29) is 5.82 Å². The zero-order chi connectivity index (χ0) is 11.4. The van der Waals surface area contributed by atoms with Crippen molar-refractivity contribution >= 4 is 22.7 Å². The topological polar surface area (TPSA) is 50.9 Å². The summed E-state index contributed by atoms with van der Waals surface area (Å²) in [5.74, 6) is -0.317. The lowest BCUT2D eigenvalue weighted by Gasteiger charge is -2.08. The van der Waals surface area contributed by atoms with Gasteiger partial charge in [-0.3, -0.25) is 0 Å². The van der Waals surface area contributed by atoms with Crippen LogP contribution in [-0.2, 0) is 6.42 Å². The number of nitrogens with two attached hydrogens (primary N) is 1. The van der Waals surface area contributed by atoms with E-state index in [1.54, 1.807) is 17.4 Å². The van der Waals surface area contributed by atoms with E-state index in [0.717, 1.165) is 24.3 Å². The quantitative estimate of drug-likeness (QED) is 0.803. The van der Waals surface area contributed by atoms with Gasteiger partial charge in [-0.25, -0.2) is 9.37 Å². The lowest BCUT2D eigenvalue weighted by atomic mass is 10.2. The Balaban J connectivity index is 1.90. The Hall–Kier alpha value is -1.62. The molecule has 0 saturated heterocycles. The first kappa shape index (κ1) is 10.9. The van der Waals surface area contributed by atoms with Crippen molar-refractivity contribution in [2.75, 3.05) is 17.6 Å². The largest absolute Gasteiger partial charge is 0.397 e. The predicted molar refractivity (Wildman–Crippen MR) is 65.1 cm³/mol. The molecule has 1 aromatic carbocycles. The van der Waals surface area contributed by atoms with Crippen LogP contribution in [0.25, 0.3) is 0 Å². The number of rotatable bonds is 4. The minimum Gasteiger partial charge on any atom is -0.397 e. The normalized spacial score (nSPS) is 10.3. The first-order valence-electron chi connectivity index (χ1n) is 4.91. The van der Waals surface area contributed by atoms with Gasteiger partial charge in [0.2, 0.25) is 0 Å². The van der Waals surface area contributed by atoms with E-state index in [0.29, 0.717) is 5.69 Å². The molecule has 0 amide bonds. The van der Waals surface area contributed by atoms with Crippen LogP contribution in [0.15, 0.2) is 29.1 Å². The van der Waals surface area contributed by atoms with Gasteiger partial charge in [-0.05, 0) is 18.2 Å². The lowest BCUT2D eigenvalue weighted by Crippen LogP contribution is -2.07. The number of benzene rings is 1. The maximum Gasteiger partial charge on any atom is 0.125 e. The van der Waals surface area contributed by atoms with E-state index < -0.39 is 0 Å². The molecule has 0 aliphatic heterocycles. The van der Waals surface area contributed by atoms with Crippen LogP contribution in [0.1, 0.15) is 5.69 Å². The molecule has 0 atom stereocenters. The standard InChI is InChI=1S/C11H12FN3S/c12-8-1-2-11(10(13)5-8)14-4-3-9-6-16-7-15-9/h1-2,5-7,14H,3-4,13H2. The van der Waals surface area contributed by atoms with Gasteiger partial charge in [0, 0.05) is 18.3 Å². The maximum atomic E-state index is 12.8. The third kappa shape index (κ3) is 2.70. The van der Waals surface area contributed by atoms with Crippen LogP contribution in [0.4, 0.5) is 15.8 Å². The highest BCUT2D eigenvalue weighted by molar-refractivity contribution is 7.07. The summed E-state index contributed by atoms with van der Waals surface area (Å²) in [6.07, 6.45) is 0.834. The molecule has 3 N–H and O–H groups in total. The molecule has 1 aromatic heterocycles. The Morgan fingerprint density at radius 1 is 1.44 bits per heavy atom. The van der Waals surface area contributed by atoms with Crippen LogP contribution in [-0.4, -0.2) is 11.5 Å². The van der Waals surface area contributed by atoms with Crippen molar-refractivity contribution in [3.05, 3.63) is 40.6 Å². The van der Waals surface area contributed by atoms with Crippen LogP contribution in [0.2, 0.25) is 0 Å². The Morgan fingerprint density at radius 2 is 2.31 bits per heavy atom. The van der Waals surface area contributed by atoms with Gasteiger partial charge in [0.25, 0.3) is 0 Å². The van der Waals surface area contributed by atoms with Gasteiger partial charge in [0.1, 0.15) is 5.82 Å². The summed E-state index contributed by atoms with van der Waals surface area (Å²) in [5.41, 5.74) is 9.72. The highest BCUT2D eigenvalue weighted by atomic mass is 32.1. The zero-order valence-electron chi connectivity index (χ0n) is 8.61. The number of nitrogens with zero attached hydrogens (tertiary/aromatic N) is 1. The number of hydrogen-bond acceptors (Lipinski definition) is 4. The van der Waals surface area contributed by atoms with Gasteiger partial charge in [-0.15, -0.1) is 11.3 Å². The smallest absolute Gasteiger partial charge is 0.125 e. The van der Waals surface area contributed by atoms with E-state index in [1.807, 2.05) is 10.9 Å². The molecule has 0 unspecified atom stereocenters.